The summed E-state index contributed by atoms with van der Waals surface area (Å²) in [7, 11) is 1.61. The molecule has 1 N–H and O–H groups in total. The van der Waals surface area contributed by atoms with Gasteiger partial charge in [0.25, 0.3) is 5.56 Å². The lowest BCUT2D eigenvalue weighted by molar-refractivity contribution is -0.118. The number of unbranched alkanes of at least 4 members (excludes halogenated alkanes) is 3. The second kappa shape index (κ2) is 11.6. The molecule has 0 bridgehead atoms. The molecule has 0 aliphatic heterocycles. The fourth-order valence-electron chi connectivity index (χ4n) is 3.38. The summed E-state index contributed by atoms with van der Waals surface area (Å²) in [6.45, 7) is 3.16. The third kappa shape index (κ3) is 6.10. The molecule has 1 amide bonds. The molecule has 0 radical (unpaired) electrons. The second-order valence-electron chi connectivity index (χ2n) is 7.31. The molecule has 3 rings (SSSR count). The largest absolute Gasteiger partial charge is 0.496 e. The van der Waals surface area contributed by atoms with Crippen LogP contribution in [0.3, 0.4) is 0 Å². The van der Waals surface area contributed by atoms with Crippen LogP contribution in [0.15, 0.2) is 58.5 Å². The number of carbonyl (C=O) groups is 1. The first-order valence-electron chi connectivity index (χ1n) is 10.6. The monoisotopic (exact) mass is 439 g/mol. The molecule has 0 aliphatic carbocycles. The van der Waals surface area contributed by atoms with Crippen molar-refractivity contribution in [1.29, 1.82) is 0 Å². The van der Waals surface area contributed by atoms with Gasteiger partial charge in [0.2, 0.25) is 5.91 Å². The number of nitrogens with one attached hydrogen (secondary N) is 1. The van der Waals surface area contributed by atoms with Gasteiger partial charge in [0.1, 0.15) is 5.75 Å². The summed E-state index contributed by atoms with van der Waals surface area (Å²) in [6.07, 6.45) is 4.27. The predicted molar refractivity (Wildman–Crippen MR) is 126 cm³/mol. The molecule has 0 saturated heterocycles. The summed E-state index contributed by atoms with van der Waals surface area (Å²) in [5.41, 5.74) is 1.54. The normalized spacial score (nSPS) is 10.9. The van der Waals surface area contributed by atoms with Crippen LogP contribution in [0.4, 0.5) is 0 Å². The van der Waals surface area contributed by atoms with Crippen LogP contribution in [0.2, 0.25) is 0 Å². The minimum absolute atomic E-state index is 0.0426. The fraction of sp³-hybridized carbons (Fsp3) is 0.375. The van der Waals surface area contributed by atoms with Crippen molar-refractivity contribution in [2.45, 2.75) is 50.9 Å². The summed E-state index contributed by atoms with van der Waals surface area (Å²) in [5, 5.41) is 4.12. The Morgan fingerprint density at radius 3 is 2.68 bits per heavy atom. The molecular weight excluding hydrogens is 410 g/mol. The lowest BCUT2D eigenvalue weighted by Gasteiger charge is -2.13. The highest BCUT2D eigenvalue weighted by Gasteiger charge is 2.13. The van der Waals surface area contributed by atoms with E-state index in [1.807, 2.05) is 48.5 Å². The predicted octanol–water partition coefficient (Wildman–Crippen LogP) is 4.39. The van der Waals surface area contributed by atoms with E-state index in [9.17, 15) is 9.59 Å². The molecule has 6 nitrogen and oxygen atoms in total. The van der Waals surface area contributed by atoms with Crippen molar-refractivity contribution in [2.75, 3.05) is 12.9 Å². The Bertz CT molecular complexity index is 1080. The van der Waals surface area contributed by atoms with Gasteiger partial charge < -0.3 is 10.1 Å². The number of methoxy groups -OCH3 is 1. The summed E-state index contributed by atoms with van der Waals surface area (Å²) in [6, 6.07) is 15.0. The minimum atomic E-state index is -0.115. The first kappa shape index (κ1) is 22.9. The number of fused-ring (bicyclic) bond motifs is 1. The number of rotatable bonds is 11. The molecule has 0 atom stereocenters. The molecule has 164 valence electrons. The highest BCUT2D eigenvalue weighted by atomic mass is 32.2. The van der Waals surface area contributed by atoms with Gasteiger partial charge in [0.15, 0.2) is 5.16 Å². The fourth-order valence-corrected chi connectivity index (χ4v) is 4.23. The molecule has 7 heteroatoms. The summed E-state index contributed by atoms with van der Waals surface area (Å²) in [4.78, 5) is 30.2. The van der Waals surface area contributed by atoms with Crippen LogP contribution >= 0.6 is 11.8 Å². The van der Waals surface area contributed by atoms with E-state index in [2.05, 4.69) is 17.2 Å². The summed E-state index contributed by atoms with van der Waals surface area (Å²) >= 11 is 1.30. The van der Waals surface area contributed by atoms with Gasteiger partial charge in [-0.1, -0.05) is 68.3 Å². The van der Waals surface area contributed by atoms with Gasteiger partial charge in [-0.2, -0.15) is 0 Å². The number of carbonyl (C=O) groups excluding carboxylic acids is 1. The van der Waals surface area contributed by atoms with E-state index in [-0.39, 0.29) is 17.2 Å². The molecule has 0 saturated carbocycles. The average molecular weight is 440 g/mol. The molecule has 0 spiro atoms. The van der Waals surface area contributed by atoms with Crippen LogP contribution in [0.5, 0.6) is 5.75 Å². The van der Waals surface area contributed by atoms with Crippen molar-refractivity contribution >= 4 is 28.6 Å². The van der Waals surface area contributed by atoms with Crippen LogP contribution in [0, 0.1) is 0 Å². The van der Waals surface area contributed by atoms with Gasteiger partial charge in [0.05, 0.1) is 23.8 Å². The Morgan fingerprint density at radius 2 is 1.87 bits per heavy atom. The molecule has 31 heavy (non-hydrogen) atoms. The Morgan fingerprint density at radius 1 is 1.10 bits per heavy atom. The maximum absolute atomic E-state index is 13.0. The number of benzene rings is 2. The van der Waals surface area contributed by atoms with Crippen molar-refractivity contribution in [1.82, 2.24) is 14.9 Å². The van der Waals surface area contributed by atoms with Crippen LogP contribution in [-0.2, 0) is 17.9 Å². The maximum atomic E-state index is 13.0. The van der Waals surface area contributed by atoms with E-state index < -0.39 is 0 Å². The lowest BCUT2D eigenvalue weighted by Crippen LogP contribution is -2.27. The van der Waals surface area contributed by atoms with Gasteiger partial charge in [0, 0.05) is 18.7 Å². The molecule has 2 aromatic carbocycles. The topological polar surface area (TPSA) is 73.2 Å². The number of nitrogens with zero attached hydrogens (tertiary/aromatic N) is 2. The van der Waals surface area contributed by atoms with Crippen molar-refractivity contribution in [2.24, 2.45) is 0 Å². The van der Waals surface area contributed by atoms with E-state index >= 15 is 0 Å². The van der Waals surface area contributed by atoms with Crippen LogP contribution in [0.25, 0.3) is 10.9 Å². The standard InChI is InChI=1S/C24H29N3O3S/c1-3-4-5-10-15-27-23(29)19-12-7-8-13-20(19)26-24(27)31-17-22(28)25-16-18-11-6-9-14-21(18)30-2/h6-9,11-14H,3-5,10,15-17H2,1-2H3,(H,25,28). The number of aromatic nitrogens is 2. The molecule has 0 unspecified atom stereocenters. The maximum Gasteiger partial charge on any atom is 0.262 e. The Kier molecular flexibility index (Phi) is 8.53. The number of para-hydroxylation sites is 2. The number of thioether (sulfide) groups is 1. The first-order valence-corrected chi connectivity index (χ1v) is 11.6. The average Bonchev–Trinajstić information content (AvgIpc) is 2.80. The lowest BCUT2D eigenvalue weighted by atomic mass is 10.2. The smallest absolute Gasteiger partial charge is 0.262 e. The van der Waals surface area contributed by atoms with Crippen LogP contribution in [-0.4, -0.2) is 28.3 Å². The van der Waals surface area contributed by atoms with Gasteiger partial charge in [-0.05, 0) is 24.6 Å². The highest BCUT2D eigenvalue weighted by Crippen LogP contribution is 2.19. The van der Waals surface area contributed by atoms with Crippen molar-refractivity contribution in [3.8, 4) is 5.75 Å². The van der Waals surface area contributed by atoms with E-state index in [0.717, 1.165) is 37.0 Å². The molecular formula is C24H29N3O3S. The van der Waals surface area contributed by atoms with Crippen molar-refractivity contribution in [3.63, 3.8) is 0 Å². The van der Waals surface area contributed by atoms with Crippen molar-refractivity contribution < 1.29 is 9.53 Å². The molecule has 3 aromatic rings. The highest BCUT2D eigenvalue weighted by molar-refractivity contribution is 7.99. The first-order chi connectivity index (χ1) is 15.1. The van der Waals surface area contributed by atoms with E-state index in [1.54, 1.807) is 11.7 Å². The number of amides is 1. The van der Waals surface area contributed by atoms with E-state index in [4.69, 9.17) is 4.74 Å². The zero-order valence-corrected chi connectivity index (χ0v) is 18.9. The molecule has 0 aliphatic rings. The number of ether oxygens (including phenoxy) is 1. The van der Waals surface area contributed by atoms with Gasteiger partial charge in [-0.3, -0.25) is 14.2 Å². The summed E-state index contributed by atoms with van der Waals surface area (Å²) < 4.78 is 7.05. The molecule has 0 fully saturated rings. The number of hydrogen-bond acceptors (Lipinski definition) is 5. The van der Waals surface area contributed by atoms with Crippen LogP contribution < -0.4 is 15.6 Å². The van der Waals surface area contributed by atoms with Crippen molar-refractivity contribution in [3.05, 3.63) is 64.4 Å². The molecule has 1 aromatic heterocycles. The van der Waals surface area contributed by atoms with Gasteiger partial charge in [-0.15, -0.1) is 0 Å². The van der Waals surface area contributed by atoms with E-state index in [1.165, 1.54) is 11.8 Å². The Hall–Kier alpha value is -2.80. The number of hydrogen-bond donors (Lipinski definition) is 1. The van der Waals surface area contributed by atoms with E-state index in [0.29, 0.717) is 29.1 Å². The SMILES string of the molecule is CCCCCCn1c(SCC(=O)NCc2ccccc2OC)nc2ccccc2c1=O. The van der Waals surface area contributed by atoms with Gasteiger partial charge in [-0.25, -0.2) is 4.98 Å². The molecule has 1 heterocycles. The van der Waals surface area contributed by atoms with Gasteiger partial charge >= 0.3 is 0 Å². The zero-order valence-electron chi connectivity index (χ0n) is 18.1. The summed E-state index contributed by atoms with van der Waals surface area (Å²) in [5.74, 6) is 0.818. The van der Waals surface area contributed by atoms with Crippen LogP contribution in [0.1, 0.15) is 38.2 Å². The Labute approximate surface area is 187 Å². The Balaban J connectivity index is 1.70. The third-order valence-corrected chi connectivity index (χ3v) is 6.04. The zero-order chi connectivity index (χ0) is 22.1. The quantitative estimate of drug-likeness (QED) is 0.272. The third-order valence-electron chi connectivity index (χ3n) is 5.06. The second-order valence-corrected chi connectivity index (χ2v) is 8.25. The minimum Gasteiger partial charge on any atom is -0.496 e.